The van der Waals surface area contributed by atoms with Gasteiger partial charge in [0.25, 0.3) is 0 Å². The van der Waals surface area contributed by atoms with Crippen molar-refractivity contribution in [1.82, 2.24) is 4.90 Å². The molecule has 1 saturated heterocycles. The number of hydrogen-bond acceptors (Lipinski definition) is 2. The van der Waals surface area contributed by atoms with Crippen molar-refractivity contribution < 1.29 is 9.13 Å². The Hall–Kier alpha value is -0.150. The summed E-state index contributed by atoms with van der Waals surface area (Å²) >= 11 is 0. The first-order chi connectivity index (χ1) is 7.44. The van der Waals surface area contributed by atoms with Crippen LogP contribution in [-0.2, 0) is 4.74 Å². The molecule has 0 spiro atoms. The Bertz CT molecular complexity index is 233. The molecule has 16 heavy (non-hydrogen) atoms. The van der Waals surface area contributed by atoms with E-state index in [9.17, 15) is 4.39 Å². The van der Waals surface area contributed by atoms with E-state index in [1.165, 1.54) is 0 Å². The minimum absolute atomic E-state index is 0.0415. The second-order valence-corrected chi connectivity index (χ2v) is 6.21. The molecule has 0 amide bonds. The lowest BCUT2D eigenvalue weighted by atomic mass is 9.86. The van der Waals surface area contributed by atoms with Crippen LogP contribution in [0.5, 0.6) is 0 Å². The van der Waals surface area contributed by atoms with E-state index in [2.05, 4.69) is 25.7 Å². The van der Waals surface area contributed by atoms with Crippen molar-refractivity contribution in [3.8, 4) is 0 Å². The van der Waals surface area contributed by atoms with Crippen LogP contribution in [0.4, 0.5) is 4.39 Å². The van der Waals surface area contributed by atoms with Crippen molar-refractivity contribution >= 4 is 0 Å². The molecule has 0 radical (unpaired) electrons. The topological polar surface area (TPSA) is 12.5 Å². The number of piperidine rings is 1. The van der Waals surface area contributed by atoms with Crippen LogP contribution in [0.2, 0.25) is 0 Å². The monoisotopic (exact) mass is 229 g/mol. The molecule has 2 rings (SSSR count). The van der Waals surface area contributed by atoms with E-state index in [4.69, 9.17) is 4.74 Å². The van der Waals surface area contributed by atoms with Gasteiger partial charge in [-0.3, -0.25) is 4.90 Å². The molecule has 0 aromatic carbocycles. The molecule has 94 valence electrons. The van der Waals surface area contributed by atoms with Gasteiger partial charge in [-0.1, -0.05) is 0 Å². The van der Waals surface area contributed by atoms with E-state index in [0.717, 1.165) is 32.2 Å². The first-order valence-electron chi connectivity index (χ1n) is 6.50. The molecule has 1 aliphatic carbocycles. The van der Waals surface area contributed by atoms with Crippen LogP contribution in [-0.4, -0.2) is 41.9 Å². The number of likely N-dealkylation sites (tertiary alicyclic amines) is 1. The molecule has 1 heterocycles. The van der Waals surface area contributed by atoms with Crippen LogP contribution >= 0.6 is 0 Å². The summed E-state index contributed by atoms with van der Waals surface area (Å²) in [4.78, 5) is 2.32. The Kier molecular flexibility index (Phi) is 3.55. The van der Waals surface area contributed by atoms with Crippen LogP contribution in [0.15, 0.2) is 0 Å². The molecule has 0 aromatic heterocycles. The number of rotatable bonds is 2. The van der Waals surface area contributed by atoms with Gasteiger partial charge in [-0.15, -0.1) is 0 Å². The van der Waals surface area contributed by atoms with Crippen LogP contribution in [0, 0.1) is 0 Å². The van der Waals surface area contributed by atoms with E-state index in [0.29, 0.717) is 18.7 Å². The normalized spacial score (nSPS) is 37.1. The zero-order valence-corrected chi connectivity index (χ0v) is 10.7. The van der Waals surface area contributed by atoms with Crippen molar-refractivity contribution in [3.63, 3.8) is 0 Å². The summed E-state index contributed by atoms with van der Waals surface area (Å²) < 4.78 is 19.2. The predicted octanol–water partition coefficient (Wildman–Crippen LogP) is 2.77. The first-order valence-corrected chi connectivity index (χ1v) is 6.50. The van der Waals surface area contributed by atoms with Crippen LogP contribution < -0.4 is 0 Å². The molecular weight excluding hydrogens is 205 g/mol. The third-order valence-corrected chi connectivity index (χ3v) is 3.50. The molecule has 1 saturated carbocycles. The van der Waals surface area contributed by atoms with Gasteiger partial charge in [0.15, 0.2) is 0 Å². The minimum Gasteiger partial charge on any atom is -0.373 e. The van der Waals surface area contributed by atoms with Gasteiger partial charge < -0.3 is 4.74 Å². The third-order valence-electron chi connectivity index (χ3n) is 3.50. The van der Waals surface area contributed by atoms with Gasteiger partial charge in [0.2, 0.25) is 0 Å². The van der Waals surface area contributed by atoms with Gasteiger partial charge in [-0.25, -0.2) is 4.39 Å². The van der Waals surface area contributed by atoms with Gasteiger partial charge in [0.05, 0.1) is 11.7 Å². The molecule has 3 heteroatoms. The van der Waals surface area contributed by atoms with Crippen molar-refractivity contribution in [1.29, 1.82) is 0 Å². The quantitative estimate of drug-likeness (QED) is 0.722. The summed E-state index contributed by atoms with van der Waals surface area (Å²) in [5, 5.41) is 0. The number of hydrogen-bond donors (Lipinski definition) is 0. The van der Waals surface area contributed by atoms with E-state index in [1.807, 2.05) is 0 Å². The Balaban J connectivity index is 1.71. The highest BCUT2D eigenvalue weighted by Gasteiger charge is 2.37. The first kappa shape index (κ1) is 12.3. The van der Waals surface area contributed by atoms with Gasteiger partial charge in [0, 0.05) is 12.6 Å². The van der Waals surface area contributed by atoms with Crippen molar-refractivity contribution in [2.24, 2.45) is 0 Å². The molecular formula is C13H24FNO. The molecule has 0 bridgehead atoms. The molecule has 2 fully saturated rings. The second kappa shape index (κ2) is 4.61. The third kappa shape index (κ3) is 3.17. The van der Waals surface area contributed by atoms with Crippen molar-refractivity contribution in [2.45, 2.75) is 70.4 Å². The molecule has 1 aliphatic heterocycles. The predicted molar refractivity (Wildman–Crippen MR) is 63.4 cm³/mol. The van der Waals surface area contributed by atoms with Crippen molar-refractivity contribution in [2.75, 3.05) is 13.1 Å². The summed E-state index contributed by atoms with van der Waals surface area (Å²) in [6, 6.07) is 0.575. The minimum atomic E-state index is -0.601. The maximum absolute atomic E-state index is 13.2. The average molecular weight is 229 g/mol. The molecule has 0 unspecified atom stereocenters. The fourth-order valence-electron chi connectivity index (χ4n) is 2.72. The van der Waals surface area contributed by atoms with Crippen molar-refractivity contribution in [3.05, 3.63) is 0 Å². The van der Waals surface area contributed by atoms with Crippen LogP contribution in [0.3, 0.4) is 0 Å². The van der Waals surface area contributed by atoms with Crippen LogP contribution in [0.1, 0.15) is 46.5 Å². The van der Waals surface area contributed by atoms with Gasteiger partial charge in [-0.05, 0) is 53.0 Å². The summed E-state index contributed by atoms with van der Waals surface area (Å²) in [5.74, 6) is 0. The number of nitrogens with zero attached hydrogens (tertiary/aromatic N) is 1. The molecule has 2 nitrogen and oxygen atoms in total. The number of ether oxygens (including phenoxy) is 1. The highest BCUT2D eigenvalue weighted by atomic mass is 19.1. The molecule has 0 N–H and O–H groups in total. The average Bonchev–Trinajstić information content (AvgIpc) is 2.09. The highest BCUT2D eigenvalue weighted by molar-refractivity contribution is 4.91. The Morgan fingerprint density at radius 3 is 2.50 bits per heavy atom. The summed E-state index contributed by atoms with van der Waals surface area (Å²) in [6.07, 6.45) is 3.74. The van der Waals surface area contributed by atoms with E-state index >= 15 is 0 Å². The lowest BCUT2D eigenvalue weighted by Gasteiger charge is -2.46. The fraction of sp³-hybridized carbons (Fsp3) is 1.00. The Morgan fingerprint density at radius 1 is 1.25 bits per heavy atom. The fourth-order valence-corrected chi connectivity index (χ4v) is 2.72. The van der Waals surface area contributed by atoms with E-state index < -0.39 is 6.17 Å². The Labute approximate surface area is 98.1 Å². The van der Waals surface area contributed by atoms with E-state index in [-0.39, 0.29) is 5.60 Å². The smallest absolute Gasteiger partial charge is 0.113 e. The largest absolute Gasteiger partial charge is 0.373 e. The van der Waals surface area contributed by atoms with Gasteiger partial charge in [0.1, 0.15) is 6.17 Å². The number of alkyl halides is 1. The maximum atomic E-state index is 13.2. The zero-order valence-electron chi connectivity index (χ0n) is 10.7. The van der Waals surface area contributed by atoms with Gasteiger partial charge in [-0.2, -0.15) is 0 Å². The summed E-state index contributed by atoms with van der Waals surface area (Å²) in [5.41, 5.74) is -0.0415. The summed E-state index contributed by atoms with van der Waals surface area (Å²) in [6.45, 7) is 8.01. The zero-order chi connectivity index (χ0) is 11.8. The van der Waals surface area contributed by atoms with Gasteiger partial charge >= 0.3 is 0 Å². The molecule has 1 atom stereocenters. The standard InChI is InChI=1S/C13H24FNO/c1-13(2,3)16-12-7-11(8-12)15-6-4-5-10(14)9-15/h10-12H,4-9H2,1-3H3/t10-,11?,12?/m1/s1. The number of halogens is 1. The maximum Gasteiger partial charge on any atom is 0.113 e. The second-order valence-electron chi connectivity index (χ2n) is 6.21. The molecule has 0 aromatic rings. The molecule has 2 aliphatic rings. The van der Waals surface area contributed by atoms with Crippen LogP contribution in [0.25, 0.3) is 0 Å². The lowest BCUT2D eigenvalue weighted by molar-refractivity contribution is -0.124. The summed E-state index contributed by atoms with van der Waals surface area (Å²) in [7, 11) is 0. The highest BCUT2D eigenvalue weighted by Crippen LogP contribution is 2.33. The lowest BCUT2D eigenvalue weighted by Crippen LogP contribution is -2.53. The Morgan fingerprint density at radius 2 is 1.94 bits per heavy atom. The SMILES string of the molecule is CC(C)(C)OC1CC(N2CCC[C@@H](F)C2)C1. The van der Waals surface area contributed by atoms with E-state index in [1.54, 1.807) is 0 Å².